The van der Waals surface area contributed by atoms with Crippen LogP contribution < -0.4 is 0 Å². The van der Waals surface area contributed by atoms with Crippen LogP contribution in [0.4, 0.5) is 0 Å². The first-order valence-electron chi connectivity index (χ1n) is 4.62. The lowest BCUT2D eigenvalue weighted by atomic mass is 9.98. The molecule has 2 aromatic rings. The van der Waals surface area contributed by atoms with Crippen molar-refractivity contribution in [1.82, 2.24) is 4.98 Å². The van der Waals surface area contributed by atoms with Crippen molar-refractivity contribution in [1.29, 1.82) is 0 Å². The van der Waals surface area contributed by atoms with Gasteiger partial charge in [-0.2, -0.15) is 0 Å². The average Bonchev–Trinajstić information content (AvgIpc) is 2.17. The van der Waals surface area contributed by atoms with Gasteiger partial charge in [-0.1, -0.05) is 32.0 Å². The monoisotopic (exact) mass is 182 g/mol. The van der Waals surface area contributed by atoms with Gasteiger partial charge in [0.1, 0.15) is 0 Å². The van der Waals surface area contributed by atoms with E-state index in [1.807, 2.05) is 12.3 Å². The Hall–Kier alpha value is -1.31. The van der Waals surface area contributed by atoms with E-state index in [2.05, 4.69) is 43.1 Å². The average molecular weight is 182 g/mol. The summed E-state index contributed by atoms with van der Waals surface area (Å²) in [6.45, 7) is 4.42. The maximum absolute atomic E-state index is 4.32. The second-order valence-corrected chi connectivity index (χ2v) is 3.57. The Kier molecular flexibility index (Phi) is 3.29. The van der Waals surface area contributed by atoms with Crippen LogP contribution in [0.5, 0.6) is 0 Å². The molecule has 0 spiro atoms. The van der Waals surface area contributed by atoms with E-state index in [9.17, 15) is 0 Å². The van der Waals surface area contributed by atoms with Gasteiger partial charge in [-0.25, -0.2) is 0 Å². The molecule has 2 heteroatoms. The van der Waals surface area contributed by atoms with Crippen molar-refractivity contribution in [2.45, 2.75) is 19.8 Å². The third-order valence-electron chi connectivity index (χ3n) is 2.30. The number of fused-ring (bicyclic) bond motifs is 1. The third-order valence-corrected chi connectivity index (χ3v) is 2.30. The van der Waals surface area contributed by atoms with Gasteiger partial charge in [0.25, 0.3) is 0 Å². The highest BCUT2D eigenvalue weighted by molar-refractivity contribution is 5.82. The minimum Gasteiger partial charge on any atom is -0.256 e. The number of benzene rings is 1. The normalized spacial score (nSPS) is 10.2. The fraction of sp³-hybridized carbons (Fsp3) is 0.250. The molecule has 0 aliphatic rings. The van der Waals surface area contributed by atoms with Crippen molar-refractivity contribution in [2.75, 3.05) is 0 Å². The van der Waals surface area contributed by atoms with E-state index in [4.69, 9.17) is 0 Å². The van der Waals surface area contributed by atoms with Crippen LogP contribution in [0.3, 0.4) is 0 Å². The molecule has 1 nitrogen and oxygen atoms in total. The van der Waals surface area contributed by atoms with Crippen molar-refractivity contribution in [2.24, 2.45) is 0 Å². The first kappa shape index (κ1) is 10.8. The predicted molar refractivity (Wildman–Crippen MR) is 61.6 cm³/mol. The molecule has 0 amide bonds. The summed E-state index contributed by atoms with van der Waals surface area (Å²) in [6.07, 6.45) is 1.84. The Morgan fingerprint density at radius 2 is 1.86 bits per heavy atom. The molecular weight excluding hydrogens is 169 g/mol. The number of rotatable bonds is 1. The zero-order chi connectivity index (χ0) is 9.26. The first-order chi connectivity index (χ1) is 6.29. The number of aromatic nitrogens is 1. The SMILES string of the molecule is CC(C)c1cccc2ncccc12.[B]. The summed E-state index contributed by atoms with van der Waals surface area (Å²) in [4.78, 5) is 4.32. The fourth-order valence-corrected chi connectivity index (χ4v) is 1.63. The molecule has 1 aromatic heterocycles. The number of hydrogen-bond acceptors (Lipinski definition) is 1. The van der Waals surface area contributed by atoms with Crippen molar-refractivity contribution in [3.63, 3.8) is 0 Å². The molecule has 14 heavy (non-hydrogen) atoms. The van der Waals surface area contributed by atoms with Crippen LogP contribution in [0.15, 0.2) is 36.5 Å². The lowest BCUT2D eigenvalue weighted by Crippen LogP contribution is -1.89. The zero-order valence-electron chi connectivity index (χ0n) is 8.57. The fourth-order valence-electron chi connectivity index (χ4n) is 1.63. The van der Waals surface area contributed by atoms with Gasteiger partial charge in [0.2, 0.25) is 0 Å². The maximum atomic E-state index is 4.32. The van der Waals surface area contributed by atoms with E-state index in [1.165, 1.54) is 10.9 Å². The van der Waals surface area contributed by atoms with Crippen molar-refractivity contribution in [3.8, 4) is 0 Å². The molecule has 0 saturated carbocycles. The molecule has 0 bridgehead atoms. The van der Waals surface area contributed by atoms with Crippen molar-refractivity contribution >= 4 is 19.3 Å². The molecule has 0 fully saturated rings. The van der Waals surface area contributed by atoms with Crippen LogP contribution in [0.2, 0.25) is 0 Å². The van der Waals surface area contributed by atoms with Gasteiger partial charge in [0.05, 0.1) is 5.52 Å². The summed E-state index contributed by atoms with van der Waals surface area (Å²) in [5.74, 6) is 0.563. The molecule has 0 aliphatic carbocycles. The molecule has 0 unspecified atom stereocenters. The largest absolute Gasteiger partial charge is 0.256 e. The summed E-state index contributed by atoms with van der Waals surface area (Å²) >= 11 is 0. The Balaban J connectivity index is 0.000000980. The lowest BCUT2D eigenvalue weighted by Gasteiger charge is -2.08. The summed E-state index contributed by atoms with van der Waals surface area (Å²) in [6, 6.07) is 10.4. The van der Waals surface area contributed by atoms with Gasteiger partial charge in [-0.05, 0) is 23.6 Å². The smallest absolute Gasteiger partial charge is 0.0704 e. The Morgan fingerprint density at radius 3 is 2.57 bits per heavy atom. The van der Waals surface area contributed by atoms with E-state index >= 15 is 0 Å². The first-order valence-corrected chi connectivity index (χ1v) is 4.62. The third kappa shape index (κ3) is 1.79. The van der Waals surface area contributed by atoms with Crippen LogP contribution in [0.1, 0.15) is 25.3 Å². The quantitative estimate of drug-likeness (QED) is 0.617. The highest BCUT2D eigenvalue weighted by Crippen LogP contribution is 2.23. The summed E-state index contributed by atoms with van der Waals surface area (Å²) in [5.41, 5.74) is 2.47. The predicted octanol–water partition coefficient (Wildman–Crippen LogP) is 2.98. The van der Waals surface area contributed by atoms with Gasteiger partial charge in [0.15, 0.2) is 0 Å². The van der Waals surface area contributed by atoms with Crippen LogP contribution in [-0.4, -0.2) is 13.4 Å². The molecule has 2 rings (SSSR count). The maximum Gasteiger partial charge on any atom is 0.0704 e. The van der Waals surface area contributed by atoms with E-state index in [-0.39, 0.29) is 8.41 Å². The molecular formula is C12H13BN. The summed E-state index contributed by atoms with van der Waals surface area (Å²) in [7, 11) is 0. The lowest BCUT2D eigenvalue weighted by molar-refractivity contribution is 0.876. The van der Waals surface area contributed by atoms with Crippen LogP contribution >= 0.6 is 0 Å². The highest BCUT2D eigenvalue weighted by Gasteiger charge is 2.03. The molecule has 3 radical (unpaired) electrons. The number of nitrogens with zero attached hydrogens (tertiary/aromatic N) is 1. The van der Waals surface area contributed by atoms with Crippen molar-refractivity contribution in [3.05, 3.63) is 42.1 Å². The van der Waals surface area contributed by atoms with Gasteiger partial charge in [-0.15, -0.1) is 0 Å². The number of pyridine rings is 1. The molecule has 0 saturated heterocycles. The second-order valence-electron chi connectivity index (χ2n) is 3.57. The zero-order valence-corrected chi connectivity index (χ0v) is 8.57. The minimum absolute atomic E-state index is 0. The van der Waals surface area contributed by atoms with E-state index in [0.717, 1.165) is 5.52 Å². The molecule has 69 valence electrons. The van der Waals surface area contributed by atoms with Crippen LogP contribution in [0.25, 0.3) is 10.9 Å². The van der Waals surface area contributed by atoms with Gasteiger partial charge >= 0.3 is 0 Å². The highest BCUT2D eigenvalue weighted by atomic mass is 14.6. The standard InChI is InChI=1S/C12H13N.B/c1-9(2)10-5-3-7-12-11(10)6-4-8-13-12;/h3-9H,1-2H3;. The molecule has 1 heterocycles. The Labute approximate surface area is 86.7 Å². The molecule has 1 aromatic carbocycles. The molecule has 0 atom stereocenters. The van der Waals surface area contributed by atoms with Crippen molar-refractivity contribution < 1.29 is 0 Å². The second kappa shape index (κ2) is 4.27. The molecule has 0 aliphatic heterocycles. The minimum atomic E-state index is 0. The van der Waals surface area contributed by atoms with Crippen LogP contribution in [0, 0.1) is 0 Å². The van der Waals surface area contributed by atoms with Gasteiger partial charge in [0, 0.05) is 20.0 Å². The van der Waals surface area contributed by atoms with Gasteiger partial charge in [-0.3, -0.25) is 4.98 Å². The topological polar surface area (TPSA) is 12.9 Å². The summed E-state index contributed by atoms with van der Waals surface area (Å²) < 4.78 is 0. The van der Waals surface area contributed by atoms with E-state index in [0.29, 0.717) is 5.92 Å². The van der Waals surface area contributed by atoms with E-state index < -0.39 is 0 Å². The summed E-state index contributed by atoms with van der Waals surface area (Å²) in [5, 5.41) is 1.28. The Morgan fingerprint density at radius 1 is 1.07 bits per heavy atom. The van der Waals surface area contributed by atoms with E-state index in [1.54, 1.807) is 0 Å². The molecule has 0 N–H and O–H groups in total. The Bertz CT molecular complexity index is 418. The van der Waals surface area contributed by atoms with Gasteiger partial charge < -0.3 is 0 Å². The number of hydrogen-bond donors (Lipinski definition) is 0. The van der Waals surface area contributed by atoms with Crippen LogP contribution in [-0.2, 0) is 0 Å².